The molecule has 3 aromatic rings. The normalized spacial score (nSPS) is 12.1. The predicted molar refractivity (Wildman–Crippen MR) is 101 cm³/mol. The molecule has 7 heteroatoms. The van der Waals surface area contributed by atoms with E-state index in [4.69, 9.17) is 0 Å². The van der Waals surface area contributed by atoms with Gasteiger partial charge in [-0.25, -0.2) is 9.48 Å². The standard InChI is InChI=1S/C20H22N4O3/c1-13(2)16(20(26)27)21-18(25)17-14(3)19(23-11-7-8-12-23)24(22-17)15-9-5-4-6-10-15/h4-13,16H,1-3H3,(H,21,25)(H,26,27)/t16-/m0/s1. The summed E-state index contributed by atoms with van der Waals surface area (Å²) in [5.41, 5.74) is 1.68. The zero-order valence-electron chi connectivity index (χ0n) is 15.5. The first-order valence-corrected chi connectivity index (χ1v) is 8.72. The average molecular weight is 366 g/mol. The topological polar surface area (TPSA) is 89.2 Å². The number of para-hydroxylation sites is 1. The van der Waals surface area contributed by atoms with Gasteiger partial charge in [0.25, 0.3) is 5.91 Å². The summed E-state index contributed by atoms with van der Waals surface area (Å²) < 4.78 is 3.57. The third-order valence-corrected chi connectivity index (χ3v) is 4.38. The Morgan fingerprint density at radius 1 is 1.07 bits per heavy atom. The Balaban J connectivity index is 2.07. The number of amides is 1. The fourth-order valence-electron chi connectivity index (χ4n) is 2.95. The van der Waals surface area contributed by atoms with Gasteiger partial charge in [-0.3, -0.25) is 4.79 Å². The molecule has 2 N–H and O–H groups in total. The van der Waals surface area contributed by atoms with Gasteiger partial charge in [-0.1, -0.05) is 32.0 Å². The Kier molecular flexibility index (Phi) is 5.12. The lowest BCUT2D eigenvalue weighted by Crippen LogP contribution is -2.44. The lowest BCUT2D eigenvalue weighted by atomic mass is 10.0. The maximum absolute atomic E-state index is 12.8. The van der Waals surface area contributed by atoms with E-state index in [0.717, 1.165) is 11.5 Å². The molecule has 0 aliphatic heterocycles. The highest BCUT2D eigenvalue weighted by Gasteiger charge is 2.28. The molecule has 1 amide bonds. The number of nitrogens with one attached hydrogen (secondary N) is 1. The third kappa shape index (κ3) is 3.62. The van der Waals surface area contributed by atoms with E-state index in [-0.39, 0.29) is 11.6 Å². The minimum absolute atomic E-state index is 0.203. The van der Waals surface area contributed by atoms with Gasteiger partial charge >= 0.3 is 5.97 Å². The molecule has 0 aliphatic rings. The van der Waals surface area contributed by atoms with Crippen LogP contribution in [0.15, 0.2) is 54.9 Å². The van der Waals surface area contributed by atoms with Crippen molar-refractivity contribution in [3.8, 4) is 11.5 Å². The van der Waals surface area contributed by atoms with Gasteiger partial charge in [0.2, 0.25) is 0 Å². The summed E-state index contributed by atoms with van der Waals surface area (Å²) in [6.45, 7) is 5.31. The van der Waals surface area contributed by atoms with Crippen LogP contribution in [0.25, 0.3) is 11.5 Å². The monoisotopic (exact) mass is 366 g/mol. The van der Waals surface area contributed by atoms with Crippen LogP contribution >= 0.6 is 0 Å². The fraction of sp³-hybridized carbons (Fsp3) is 0.250. The zero-order chi connectivity index (χ0) is 19.6. The van der Waals surface area contributed by atoms with Crippen molar-refractivity contribution in [2.45, 2.75) is 26.8 Å². The molecule has 0 spiro atoms. The summed E-state index contributed by atoms with van der Waals surface area (Å²) in [6.07, 6.45) is 3.75. The van der Waals surface area contributed by atoms with Crippen molar-refractivity contribution in [2.75, 3.05) is 0 Å². The molecule has 27 heavy (non-hydrogen) atoms. The van der Waals surface area contributed by atoms with Crippen molar-refractivity contribution < 1.29 is 14.7 Å². The highest BCUT2D eigenvalue weighted by atomic mass is 16.4. The molecule has 0 saturated carbocycles. The maximum Gasteiger partial charge on any atom is 0.326 e. The van der Waals surface area contributed by atoms with Crippen LogP contribution < -0.4 is 5.32 Å². The highest BCUT2D eigenvalue weighted by molar-refractivity contribution is 5.97. The molecule has 3 rings (SSSR count). The van der Waals surface area contributed by atoms with Crippen LogP contribution in [0.2, 0.25) is 0 Å². The van der Waals surface area contributed by atoms with Gasteiger partial charge in [0.1, 0.15) is 11.9 Å². The van der Waals surface area contributed by atoms with Gasteiger partial charge in [-0.2, -0.15) is 5.10 Å². The summed E-state index contributed by atoms with van der Waals surface area (Å²) in [6, 6.07) is 12.3. The van der Waals surface area contributed by atoms with Crippen LogP contribution in [0.3, 0.4) is 0 Å². The van der Waals surface area contributed by atoms with Crippen molar-refractivity contribution >= 4 is 11.9 Å². The van der Waals surface area contributed by atoms with Crippen molar-refractivity contribution in [1.82, 2.24) is 19.7 Å². The third-order valence-electron chi connectivity index (χ3n) is 4.38. The van der Waals surface area contributed by atoms with E-state index >= 15 is 0 Å². The first-order chi connectivity index (χ1) is 12.9. The van der Waals surface area contributed by atoms with E-state index < -0.39 is 17.9 Å². The number of benzene rings is 1. The lowest BCUT2D eigenvalue weighted by Gasteiger charge is -2.17. The molecule has 1 aromatic carbocycles. The number of rotatable bonds is 6. The molecule has 0 aliphatic carbocycles. The van der Waals surface area contributed by atoms with Crippen LogP contribution in [-0.2, 0) is 4.79 Å². The number of hydrogen-bond donors (Lipinski definition) is 2. The molecular formula is C20H22N4O3. The fourth-order valence-corrected chi connectivity index (χ4v) is 2.95. The molecular weight excluding hydrogens is 344 g/mol. The zero-order valence-corrected chi connectivity index (χ0v) is 15.5. The summed E-state index contributed by atoms with van der Waals surface area (Å²) in [7, 11) is 0. The number of aromatic nitrogens is 3. The minimum Gasteiger partial charge on any atom is -0.480 e. The van der Waals surface area contributed by atoms with Gasteiger partial charge in [0.05, 0.1) is 5.69 Å². The van der Waals surface area contributed by atoms with Crippen LogP contribution in [0.5, 0.6) is 0 Å². The van der Waals surface area contributed by atoms with Crippen molar-refractivity contribution in [1.29, 1.82) is 0 Å². The number of hydrogen-bond acceptors (Lipinski definition) is 3. The molecule has 2 heterocycles. The molecule has 0 radical (unpaired) electrons. The largest absolute Gasteiger partial charge is 0.480 e. The number of carbonyl (C=O) groups excluding carboxylic acids is 1. The second-order valence-electron chi connectivity index (χ2n) is 6.67. The Bertz CT molecular complexity index is 943. The molecule has 0 unspecified atom stereocenters. The van der Waals surface area contributed by atoms with Crippen molar-refractivity contribution in [2.24, 2.45) is 5.92 Å². The van der Waals surface area contributed by atoms with Crippen molar-refractivity contribution in [3.05, 3.63) is 66.1 Å². The summed E-state index contributed by atoms with van der Waals surface area (Å²) in [4.78, 5) is 24.2. The Morgan fingerprint density at radius 2 is 1.70 bits per heavy atom. The summed E-state index contributed by atoms with van der Waals surface area (Å²) in [5, 5.41) is 16.4. The van der Waals surface area contributed by atoms with Crippen LogP contribution in [0.4, 0.5) is 0 Å². The minimum atomic E-state index is -1.07. The highest BCUT2D eigenvalue weighted by Crippen LogP contribution is 2.22. The predicted octanol–water partition coefficient (Wildman–Crippen LogP) is 2.81. The van der Waals surface area contributed by atoms with E-state index in [9.17, 15) is 14.7 Å². The van der Waals surface area contributed by atoms with Gasteiger partial charge in [-0.15, -0.1) is 0 Å². The van der Waals surface area contributed by atoms with Crippen molar-refractivity contribution in [3.63, 3.8) is 0 Å². The van der Waals surface area contributed by atoms with Crippen LogP contribution in [0.1, 0.15) is 29.9 Å². The van der Waals surface area contributed by atoms with Crippen LogP contribution in [-0.4, -0.2) is 37.4 Å². The van der Waals surface area contributed by atoms with Gasteiger partial charge in [0, 0.05) is 18.0 Å². The molecule has 0 bridgehead atoms. The second-order valence-corrected chi connectivity index (χ2v) is 6.67. The number of aliphatic carboxylic acids is 1. The Morgan fingerprint density at radius 3 is 2.26 bits per heavy atom. The lowest BCUT2D eigenvalue weighted by molar-refractivity contribution is -0.140. The SMILES string of the molecule is Cc1c(C(=O)N[C@H](C(=O)O)C(C)C)nn(-c2ccccc2)c1-n1cccc1. The summed E-state index contributed by atoms with van der Waals surface area (Å²) in [5.74, 6) is -1.08. The smallest absolute Gasteiger partial charge is 0.326 e. The van der Waals surface area contributed by atoms with Gasteiger partial charge in [0.15, 0.2) is 5.69 Å². The van der Waals surface area contributed by atoms with E-state index in [0.29, 0.717) is 5.56 Å². The number of carboxylic acids is 1. The molecule has 0 saturated heterocycles. The first-order valence-electron chi connectivity index (χ1n) is 8.72. The first kappa shape index (κ1) is 18.4. The molecule has 0 fully saturated rings. The molecule has 7 nitrogen and oxygen atoms in total. The number of nitrogens with zero attached hydrogens (tertiary/aromatic N) is 3. The quantitative estimate of drug-likeness (QED) is 0.702. The van der Waals surface area contributed by atoms with E-state index in [2.05, 4.69) is 10.4 Å². The Hall–Kier alpha value is -3.35. The average Bonchev–Trinajstić information content (AvgIpc) is 3.27. The van der Waals surface area contributed by atoms with E-state index in [1.807, 2.05) is 66.3 Å². The maximum atomic E-state index is 12.8. The number of carbonyl (C=O) groups is 2. The van der Waals surface area contributed by atoms with E-state index in [1.54, 1.807) is 18.5 Å². The second kappa shape index (κ2) is 7.49. The molecule has 2 aromatic heterocycles. The van der Waals surface area contributed by atoms with E-state index in [1.165, 1.54) is 0 Å². The summed E-state index contributed by atoms with van der Waals surface area (Å²) >= 11 is 0. The Labute approximate surface area is 157 Å². The van der Waals surface area contributed by atoms with Crippen LogP contribution in [0, 0.1) is 12.8 Å². The molecule has 1 atom stereocenters. The van der Waals surface area contributed by atoms with Gasteiger partial charge in [-0.05, 0) is 37.1 Å². The number of carboxylic acid groups (broad SMARTS) is 1. The molecule has 140 valence electrons. The van der Waals surface area contributed by atoms with Gasteiger partial charge < -0.3 is 15.0 Å².